The Balaban J connectivity index is 2.48. The fourth-order valence-electron chi connectivity index (χ4n) is 1.36. The van der Waals surface area contributed by atoms with Crippen molar-refractivity contribution >= 4 is 5.97 Å². The molecule has 0 aromatic rings. The van der Waals surface area contributed by atoms with Crippen LogP contribution < -0.4 is 0 Å². The van der Waals surface area contributed by atoms with Gasteiger partial charge >= 0.3 is 5.97 Å². The van der Waals surface area contributed by atoms with E-state index in [4.69, 9.17) is 9.47 Å². The molecule has 1 rings (SSSR count). The minimum atomic E-state index is -0.286. The fourth-order valence-corrected chi connectivity index (χ4v) is 1.36. The lowest BCUT2D eigenvalue weighted by atomic mass is 10.0. The predicted octanol–water partition coefficient (Wildman–Crippen LogP) is 1.67. The van der Waals surface area contributed by atoms with Gasteiger partial charge in [-0.1, -0.05) is 0 Å². The van der Waals surface area contributed by atoms with Gasteiger partial charge < -0.3 is 9.47 Å². The number of carbonyl (C=O) groups excluding carboxylic acids is 1. The summed E-state index contributed by atoms with van der Waals surface area (Å²) in [5, 5.41) is 0. The van der Waals surface area contributed by atoms with E-state index in [0.29, 0.717) is 6.61 Å². The minimum Gasteiger partial charge on any atom is -0.463 e. The monoisotopic (exact) mass is 184 g/mol. The van der Waals surface area contributed by atoms with Crippen LogP contribution in [0.5, 0.6) is 0 Å². The van der Waals surface area contributed by atoms with Crippen molar-refractivity contribution < 1.29 is 14.3 Å². The Morgan fingerprint density at radius 2 is 2.15 bits per heavy atom. The first-order valence-electron chi connectivity index (χ1n) is 4.50. The number of ether oxygens (including phenoxy) is 2. The Labute approximate surface area is 78.7 Å². The topological polar surface area (TPSA) is 38.8 Å². The van der Waals surface area contributed by atoms with Crippen molar-refractivity contribution in [1.29, 1.82) is 0 Å². The fraction of sp³-hybridized carbons (Fsp3) is 0.700. The van der Waals surface area contributed by atoms with Gasteiger partial charge in [-0.25, -0.2) is 4.79 Å². The van der Waals surface area contributed by atoms with Gasteiger partial charge in [-0.2, -0.15) is 0 Å². The van der Waals surface area contributed by atoms with Gasteiger partial charge in [0.05, 0.1) is 12.2 Å². The van der Waals surface area contributed by atoms with Gasteiger partial charge in [-0.05, 0) is 33.3 Å². The third-order valence-corrected chi connectivity index (χ3v) is 2.04. The molecule has 0 aliphatic carbocycles. The van der Waals surface area contributed by atoms with Crippen molar-refractivity contribution in [3.63, 3.8) is 0 Å². The largest absolute Gasteiger partial charge is 0.463 e. The highest BCUT2D eigenvalue weighted by molar-refractivity contribution is 5.83. The van der Waals surface area contributed by atoms with Gasteiger partial charge in [0.15, 0.2) is 0 Å². The molecule has 0 N–H and O–H groups in total. The SMILES string of the molecule is CCOC(=O)C=C(C)C1OC1(C)C. The molecule has 0 aromatic heterocycles. The lowest BCUT2D eigenvalue weighted by Gasteiger charge is -1.98. The van der Waals surface area contributed by atoms with E-state index in [1.807, 2.05) is 20.8 Å². The summed E-state index contributed by atoms with van der Waals surface area (Å²) in [6.07, 6.45) is 1.58. The van der Waals surface area contributed by atoms with Gasteiger partial charge in [-0.15, -0.1) is 0 Å². The summed E-state index contributed by atoms with van der Waals surface area (Å²) in [7, 11) is 0. The van der Waals surface area contributed by atoms with Crippen LogP contribution in [0.25, 0.3) is 0 Å². The zero-order valence-electron chi connectivity index (χ0n) is 8.59. The Kier molecular flexibility index (Phi) is 2.76. The van der Waals surface area contributed by atoms with Crippen LogP contribution in [-0.4, -0.2) is 24.3 Å². The van der Waals surface area contributed by atoms with Crippen molar-refractivity contribution in [1.82, 2.24) is 0 Å². The average Bonchev–Trinajstić information content (AvgIpc) is 2.60. The number of esters is 1. The van der Waals surface area contributed by atoms with E-state index in [0.717, 1.165) is 5.57 Å². The molecule has 0 spiro atoms. The third kappa shape index (κ3) is 2.56. The lowest BCUT2D eigenvalue weighted by molar-refractivity contribution is -0.137. The van der Waals surface area contributed by atoms with E-state index in [-0.39, 0.29) is 17.7 Å². The third-order valence-electron chi connectivity index (χ3n) is 2.04. The van der Waals surface area contributed by atoms with Gasteiger partial charge in [0.1, 0.15) is 6.10 Å². The van der Waals surface area contributed by atoms with Crippen LogP contribution in [0.3, 0.4) is 0 Å². The summed E-state index contributed by atoms with van der Waals surface area (Å²) in [6, 6.07) is 0. The first-order chi connectivity index (χ1) is 5.97. The van der Waals surface area contributed by atoms with E-state index in [1.165, 1.54) is 6.08 Å². The standard InChI is InChI=1S/C10H16O3/c1-5-12-8(11)6-7(2)9-10(3,4)13-9/h6,9H,5H2,1-4H3. The number of rotatable bonds is 3. The zero-order valence-corrected chi connectivity index (χ0v) is 8.59. The van der Waals surface area contributed by atoms with E-state index in [2.05, 4.69) is 0 Å². The van der Waals surface area contributed by atoms with E-state index >= 15 is 0 Å². The molecule has 0 amide bonds. The first kappa shape index (κ1) is 10.3. The molecule has 74 valence electrons. The Morgan fingerprint density at radius 1 is 1.62 bits per heavy atom. The summed E-state index contributed by atoms with van der Waals surface area (Å²) in [6.45, 7) is 8.09. The predicted molar refractivity (Wildman–Crippen MR) is 49.3 cm³/mol. The Morgan fingerprint density at radius 3 is 2.54 bits per heavy atom. The molecule has 3 nitrogen and oxygen atoms in total. The summed E-state index contributed by atoms with van der Waals surface area (Å²) in [5.41, 5.74) is 0.830. The molecule has 1 fully saturated rings. The van der Waals surface area contributed by atoms with E-state index in [9.17, 15) is 4.79 Å². The number of epoxide rings is 1. The number of hydrogen-bond donors (Lipinski definition) is 0. The summed E-state index contributed by atoms with van der Waals surface area (Å²) >= 11 is 0. The van der Waals surface area contributed by atoms with Crippen molar-refractivity contribution in [2.24, 2.45) is 0 Å². The quantitative estimate of drug-likeness (QED) is 0.380. The highest BCUT2D eigenvalue weighted by atomic mass is 16.6. The van der Waals surface area contributed by atoms with Crippen LogP contribution in [0.4, 0.5) is 0 Å². The first-order valence-corrected chi connectivity index (χ1v) is 4.50. The highest BCUT2D eigenvalue weighted by Crippen LogP contribution is 2.39. The molecule has 0 aromatic carbocycles. The van der Waals surface area contributed by atoms with Crippen LogP contribution in [0.2, 0.25) is 0 Å². The van der Waals surface area contributed by atoms with Crippen molar-refractivity contribution in [3.8, 4) is 0 Å². The molecule has 1 heterocycles. The normalized spacial score (nSPS) is 25.5. The molecule has 1 unspecified atom stereocenters. The van der Waals surface area contributed by atoms with Gasteiger partial charge in [0, 0.05) is 6.08 Å². The van der Waals surface area contributed by atoms with Crippen molar-refractivity contribution in [2.45, 2.75) is 39.4 Å². The maximum Gasteiger partial charge on any atom is 0.330 e. The van der Waals surface area contributed by atoms with E-state index < -0.39 is 0 Å². The van der Waals surface area contributed by atoms with Crippen LogP contribution >= 0.6 is 0 Å². The van der Waals surface area contributed by atoms with Gasteiger partial charge in [-0.3, -0.25) is 0 Å². The van der Waals surface area contributed by atoms with Crippen LogP contribution in [0.1, 0.15) is 27.7 Å². The van der Waals surface area contributed by atoms with Crippen molar-refractivity contribution in [3.05, 3.63) is 11.6 Å². The number of carbonyl (C=O) groups is 1. The molecule has 1 aliphatic heterocycles. The maximum atomic E-state index is 11.0. The lowest BCUT2D eigenvalue weighted by Crippen LogP contribution is -2.07. The van der Waals surface area contributed by atoms with Crippen LogP contribution in [0.15, 0.2) is 11.6 Å². The second-order valence-corrected chi connectivity index (χ2v) is 3.74. The van der Waals surface area contributed by atoms with Crippen LogP contribution in [-0.2, 0) is 14.3 Å². The summed E-state index contributed by atoms with van der Waals surface area (Å²) in [4.78, 5) is 11.0. The van der Waals surface area contributed by atoms with Crippen LogP contribution in [0, 0.1) is 0 Å². The summed E-state index contributed by atoms with van der Waals surface area (Å²) < 4.78 is 10.2. The molecular weight excluding hydrogens is 168 g/mol. The van der Waals surface area contributed by atoms with E-state index in [1.54, 1.807) is 6.92 Å². The Bertz CT molecular complexity index is 241. The van der Waals surface area contributed by atoms with Gasteiger partial charge in [0.25, 0.3) is 0 Å². The minimum absolute atomic E-state index is 0.0805. The van der Waals surface area contributed by atoms with Crippen molar-refractivity contribution in [2.75, 3.05) is 6.61 Å². The molecule has 0 radical (unpaired) electrons. The summed E-state index contributed by atoms with van der Waals surface area (Å²) in [5.74, 6) is -0.286. The molecule has 1 aliphatic rings. The second-order valence-electron chi connectivity index (χ2n) is 3.74. The molecule has 1 saturated heterocycles. The van der Waals surface area contributed by atoms with Gasteiger partial charge in [0.2, 0.25) is 0 Å². The molecule has 13 heavy (non-hydrogen) atoms. The second kappa shape index (κ2) is 3.50. The molecular formula is C10H16O3. The Hall–Kier alpha value is -0.830. The molecule has 0 bridgehead atoms. The zero-order chi connectivity index (χ0) is 10.1. The molecule has 1 atom stereocenters. The highest BCUT2D eigenvalue weighted by Gasteiger charge is 2.48. The average molecular weight is 184 g/mol. The molecule has 0 saturated carbocycles. The molecule has 3 heteroatoms. The number of hydrogen-bond acceptors (Lipinski definition) is 3. The maximum absolute atomic E-state index is 11.0. The smallest absolute Gasteiger partial charge is 0.330 e.